The van der Waals surface area contributed by atoms with E-state index in [1.807, 2.05) is 57.2 Å². The van der Waals surface area contributed by atoms with E-state index < -0.39 is 29.6 Å². The Balaban J connectivity index is 1.43. The van der Waals surface area contributed by atoms with Gasteiger partial charge in [-0.25, -0.2) is 9.59 Å². The minimum absolute atomic E-state index is 0.0766. The minimum Gasteiger partial charge on any atom is -0.478 e. The number of carboxylic acid groups (broad SMARTS) is 1. The van der Waals surface area contributed by atoms with Crippen LogP contribution >= 0.6 is 0 Å². The van der Waals surface area contributed by atoms with E-state index in [4.69, 9.17) is 14.6 Å². The Bertz CT molecular complexity index is 1250. The van der Waals surface area contributed by atoms with Gasteiger partial charge in [-0.05, 0) is 67.3 Å². The molecule has 37 heavy (non-hydrogen) atoms. The third-order valence-electron chi connectivity index (χ3n) is 6.03. The molecule has 0 heterocycles. The van der Waals surface area contributed by atoms with Crippen molar-refractivity contribution in [1.82, 2.24) is 5.32 Å². The van der Waals surface area contributed by atoms with E-state index in [1.54, 1.807) is 0 Å². The van der Waals surface area contributed by atoms with Crippen LogP contribution in [-0.2, 0) is 14.3 Å². The van der Waals surface area contributed by atoms with Crippen LogP contribution in [0.1, 0.15) is 48.2 Å². The summed E-state index contributed by atoms with van der Waals surface area (Å²) < 4.78 is 11.4. The summed E-state index contributed by atoms with van der Waals surface area (Å²) >= 11 is 0. The molecule has 0 aliphatic heterocycles. The number of rotatable bonds is 8. The predicted molar refractivity (Wildman–Crippen MR) is 140 cm³/mol. The molecule has 8 heteroatoms. The molecule has 1 aliphatic rings. The third-order valence-corrected chi connectivity index (χ3v) is 6.03. The fourth-order valence-electron chi connectivity index (χ4n) is 4.22. The molecule has 8 nitrogen and oxygen atoms in total. The van der Waals surface area contributed by atoms with Crippen molar-refractivity contribution in [2.24, 2.45) is 0 Å². The lowest BCUT2D eigenvalue weighted by Crippen LogP contribution is -2.48. The lowest BCUT2D eigenvalue weighted by Gasteiger charge is -2.25. The normalized spacial score (nSPS) is 13.3. The van der Waals surface area contributed by atoms with Gasteiger partial charge in [-0.15, -0.1) is 0 Å². The van der Waals surface area contributed by atoms with Crippen LogP contribution in [-0.4, -0.2) is 47.9 Å². The summed E-state index contributed by atoms with van der Waals surface area (Å²) in [5.74, 6) is -1.68. The molecule has 1 atom stereocenters. The van der Waals surface area contributed by atoms with Gasteiger partial charge in [0.2, 0.25) is 5.91 Å². The second kappa shape index (κ2) is 10.8. The van der Waals surface area contributed by atoms with E-state index >= 15 is 0 Å². The summed E-state index contributed by atoms with van der Waals surface area (Å²) in [6.07, 6.45) is -0.735. The van der Waals surface area contributed by atoms with Crippen LogP contribution in [0, 0.1) is 0 Å². The standard InChI is InChI=1S/C29H30N2O6/c1-29(2,3)37-17-25(26(32)30-19-14-12-18(13-15-19)27(33)34)31-28(35)36-16-24-22-10-6-4-8-20(22)21-9-5-7-11-23(21)24/h4-15,24-25H,16-17H2,1-3H3,(H,30,32)(H,31,35)(H,33,34)/t25-/m0/s1. The quantitative estimate of drug-likeness (QED) is 0.397. The first-order valence-corrected chi connectivity index (χ1v) is 12.0. The fourth-order valence-corrected chi connectivity index (χ4v) is 4.22. The Hall–Kier alpha value is -4.17. The summed E-state index contributed by atoms with van der Waals surface area (Å²) in [5.41, 5.74) is 4.38. The zero-order valence-corrected chi connectivity index (χ0v) is 21.0. The van der Waals surface area contributed by atoms with Crippen LogP contribution in [0.25, 0.3) is 11.1 Å². The summed E-state index contributed by atoms with van der Waals surface area (Å²) in [4.78, 5) is 36.9. The van der Waals surface area contributed by atoms with Crippen LogP contribution in [0.2, 0.25) is 0 Å². The molecule has 0 saturated heterocycles. The van der Waals surface area contributed by atoms with Gasteiger partial charge >= 0.3 is 12.1 Å². The first kappa shape index (κ1) is 25.9. The molecule has 4 rings (SSSR count). The lowest BCUT2D eigenvalue weighted by atomic mass is 9.98. The van der Waals surface area contributed by atoms with Gasteiger partial charge in [-0.2, -0.15) is 0 Å². The van der Waals surface area contributed by atoms with Crippen molar-refractivity contribution in [1.29, 1.82) is 0 Å². The van der Waals surface area contributed by atoms with E-state index in [1.165, 1.54) is 24.3 Å². The molecule has 0 saturated carbocycles. The highest BCUT2D eigenvalue weighted by atomic mass is 16.5. The van der Waals surface area contributed by atoms with E-state index in [-0.39, 0.29) is 24.7 Å². The topological polar surface area (TPSA) is 114 Å². The summed E-state index contributed by atoms with van der Waals surface area (Å²) in [6.45, 7) is 5.58. The monoisotopic (exact) mass is 502 g/mol. The highest BCUT2D eigenvalue weighted by Gasteiger charge is 2.30. The molecule has 3 aromatic rings. The molecule has 2 amide bonds. The van der Waals surface area contributed by atoms with Crippen molar-refractivity contribution >= 4 is 23.7 Å². The third kappa shape index (κ3) is 6.34. The molecular weight excluding hydrogens is 472 g/mol. The molecule has 0 unspecified atom stereocenters. The molecule has 0 spiro atoms. The molecule has 3 N–H and O–H groups in total. The summed E-state index contributed by atoms with van der Waals surface area (Å²) in [5, 5.41) is 14.4. The maximum absolute atomic E-state index is 13.0. The van der Waals surface area contributed by atoms with Crippen molar-refractivity contribution in [2.45, 2.75) is 38.3 Å². The van der Waals surface area contributed by atoms with E-state index in [9.17, 15) is 14.4 Å². The number of anilines is 1. The molecule has 0 radical (unpaired) electrons. The SMILES string of the molecule is CC(C)(C)OC[C@H](NC(=O)OCC1c2ccccc2-c2ccccc21)C(=O)Nc1ccc(C(=O)O)cc1. The molecule has 0 bridgehead atoms. The Kier molecular flexibility index (Phi) is 7.59. The number of alkyl carbamates (subject to hydrolysis) is 1. The number of hydrogen-bond donors (Lipinski definition) is 3. The van der Waals surface area contributed by atoms with Gasteiger partial charge in [-0.3, -0.25) is 4.79 Å². The number of ether oxygens (including phenoxy) is 2. The predicted octanol–water partition coefficient (Wildman–Crippen LogP) is 5.05. The Morgan fingerprint density at radius 1 is 0.892 bits per heavy atom. The van der Waals surface area contributed by atoms with Crippen LogP contribution in [0.3, 0.4) is 0 Å². The number of aromatic carboxylic acids is 1. The Morgan fingerprint density at radius 3 is 2.00 bits per heavy atom. The maximum Gasteiger partial charge on any atom is 0.407 e. The average molecular weight is 503 g/mol. The Labute approximate surface area is 215 Å². The maximum atomic E-state index is 13.0. The van der Waals surface area contributed by atoms with Crippen molar-refractivity contribution in [2.75, 3.05) is 18.5 Å². The van der Waals surface area contributed by atoms with Crippen LogP contribution in [0.5, 0.6) is 0 Å². The van der Waals surface area contributed by atoms with Gasteiger partial charge < -0.3 is 25.2 Å². The van der Waals surface area contributed by atoms with Gasteiger partial charge in [0, 0.05) is 11.6 Å². The minimum atomic E-state index is -1.06. The number of carbonyl (C=O) groups is 3. The van der Waals surface area contributed by atoms with Crippen LogP contribution < -0.4 is 10.6 Å². The zero-order chi connectivity index (χ0) is 26.6. The smallest absolute Gasteiger partial charge is 0.407 e. The van der Waals surface area contributed by atoms with Gasteiger partial charge in [0.15, 0.2) is 0 Å². The number of benzene rings is 3. The molecule has 192 valence electrons. The first-order chi connectivity index (χ1) is 17.6. The van der Waals surface area contributed by atoms with Gasteiger partial charge in [-0.1, -0.05) is 48.5 Å². The second-order valence-corrected chi connectivity index (χ2v) is 9.82. The highest BCUT2D eigenvalue weighted by Crippen LogP contribution is 2.44. The molecule has 3 aromatic carbocycles. The average Bonchev–Trinajstić information content (AvgIpc) is 3.18. The molecule has 0 fully saturated rings. The number of carbonyl (C=O) groups excluding carboxylic acids is 2. The van der Waals surface area contributed by atoms with Crippen molar-refractivity contribution in [3.63, 3.8) is 0 Å². The van der Waals surface area contributed by atoms with Crippen LogP contribution in [0.4, 0.5) is 10.5 Å². The summed E-state index contributed by atoms with van der Waals surface area (Å²) in [7, 11) is 0. The van der Waals surface area contributed by atoms with Crippen LogP contribution in [0.15, 0.2) is 72.8 Å². The van der Waals surface area contributed by atoms with E-state index in [0.717, 1.165) is 22.3 Å². The zero-order valence-electron chi connectivity index (χ0n) is 21.0. The van der Waals surface area contributed by atoms with Gasteiger partial charge in [0.25, 0.3) is 0 Å². The largest absolute Gasteiger partial charge is 0.478 e. The lowest BCUT2D eigenvalue weighted by molar-refractivity contribution is -0.121. The van der Waals surface area contributed by atoms with Gasteiger partial charge in [0.05, 0.1) is 17.8 Å². The number of hydrogen-bond acceptors (Lipinski definition) is 5. The fraction of sp³-hybridized carbons (Fsp3) is 0.276. The molecule has 1 aliphatic carbocycles. The van der Waals surface area contributed by atoms with E-state index in [0.29, 0.717) is 5.69 Å². The molecule has 0 aromatic heterocycles. The number of amides is 2. The highest BCUT2D eigenvalue weighted by molar-refractivity contribution is 5.97. The van der Waals surface area contributed by atoms with Gasteiger partial charge in [0.1, 0.15) is 12.6 Å². The van der Waals surface area contributed by atoms with E-state index in [2.05, 4.69) is 22.8 Å². The van der Waals surface area contributed by atoms with Crippen molar-refractivity contribution < 1.29 is 29.0 Å². The number of fused-ring (bicyclic) bond motifs is 3. The number of carboxylic acids is 1. The Morgan fingerprint density at radius 2 is 1.46 bits per heavy atom. The second-order valence-electron chi connectivity index (χ2n) is 9.82. The van der Waals surface area contributed by atoms with Crippen molar-refractivity contribution in [3.8, 4) is 11.1 Å². The first-order valence-electron chi connectivity index (χ1n) is 12.0. The molecular formula is C29H30N2O6. The number of nitrogens with one attached hydrogen (secondary N) is 2. The summed E-state index contributed by atoms with van der Waals surface area (Å²) in [6, 6.07) is 20.8. The van der Waals surface area contributed by atoms with Crippen molar-refractivity contribution in [3.05, 3.63) is 89.5 Å².